The molecule has 0 saturated heterocycles. The van der Waals surface area contributed by atoms with E-state index in [9.17, 15) is 9.59 Å². The maximum absolute atomic E-state index is 13.7. The van der Waals surface area contributed by atoms with E-state index in [-0.39, 0.29) is 17.4 Å². The Bertz CT molecular complexity index is 1950. The number of benzene rings is 3. The van der Waals surface area contributed by atoms with E-state index in [4.69, 9.17) is 27.7 Å². The summed E-state index contributed by atoms with van der Waals surface area (Å²) in [7, 11) is 0. The molecule has 204 valence electrons. The van der Waals surface area contributed by atoms with Gasteiger partial charge in [-0.05, 0) is 48.4 Å². The van der Waals surface area contributed by atoms with Gasteiger partial charge in [0.15, 0.2) is 16.6 Å². The minimum Gasteiger partial charge on any atom is -0.354 e. The number of aromatic nitrogens is 6. The summed E-state index contributed by atoms with van der Waals surface area (Å²) in [6, 6.07) is 20.5. The monoisotopic (exact) mass is 585 g/mol. The zero-order valence-electron chi connectivity index (χ0n) is 21.5. The Morgan fingerprint density at radius 1 is 1.05 bits per heavy atom. The van der Waals surface area contributed by atoms with Gasteiger partial charge in [0.1, 0.15) is 6.04 Å². The topological polar surface area (TPSA) is 121 Å². The zero-order chi connectivity index (χ0) is 28.5. The number of carbonyl (C=O) groups is 1. The highest BCUT2D eigenvalue weighted by molar-refractivity contribution is 6.31. The molecule has 41 heavy (non-hydrogen) atoms. The maximum Gasteiger partial charge on any atom is 0.254 e. The number of halogens is 2. The summed E-state index contributed by atoms with van der Waals surface area (Å²) in [5.74, 6) is -0.169. The molecule has 10 nitrogen and oxygen atoms in total. The fourth-order valence-electron chi connectivity index (χ4n) is 4.56. The van der Waals surface area contributed by atoms with Crippen LogP contribution in [0.1, 0.15) is 17.2 Å². The van der Waals surface area contributed by atoms with Crippen LogP contribution in [0.4, 0.5) is 5.82 Å². The van der Waals surface area contributed by atoms with E-state index in [0.717, 1.165) is 11.1 Å². The van der Waals surface area contributed by atoms with Crippen LogP contribution >= 0.6 is 23.2 Å². The van der Waals surface area contributed by atoms with Gasteiger partial charge in [-0.15, -0.1) is 5.10 Å². The third kappa shape index (κ3) is 5.47. The van der Waals surface area contributed by atoms with Crippen molar-refractivity contribution in [3.05, 3.63) is 117 Å². The Morgan fingerprint density at radius 3 is 2.63 bits per heavy atom. The van der Waals surface area contributed by atoms with Gasteiger partial charge in [-0.25, -0.2) is 9.67 Å². The predicted octanol–water partition coefficient (Wildman–Crippen LogP) is 5.67. The van der Waals surface area contributed by atoms with Gasteiger partial charge in [-0.2, -0.15) is 0 Å². The fourth-order valence-corrected chi connectivity index (χ4v) is 4.85. The first kappa shape index (κ1) is 26.4. The Kier molecular flexibility index (Phi) is 7.08. The summed E-state index contributed by atoms with van der Waals surface area (Å²) in [6.07, 6.45) is 3.13. The quantitative estimate of drug-likeness (QED) is 0.256. The van der Waals surface area contributed by atoms with Crippen LogP contribution in [0.25, 0.3) is 27.9 Å². The van der Waals surface area contributed by atoms with Gasteiger partial charge in [0.25, 0.3) is 5.56 Å². The van der Waals surface area contributed by atoms with Crippen LogP contribution in [0, 0.1) is 6.92 Å². The second-order valence-corrected chi connectivity index (χ2v) is 10.2. The van der Waals surface area contributed by atoms with E-state index in [0.29, 0.717) is 32.9 Å². The van der Waals surface area contributed by atoms with Gasteiger partial charge >= 0.3 is 0 Å². The van der Waals surface area contributed by atoms with Crippen LogP contribution in [0.5, 0.6) is 0 Å². The molecule has 0 spiro atoms. The molecule has 1 atom stereocenters. The summed E-state index contributed by atoms with van der Waals surface area (Å²) in [5, 5.41) is 16.0. The van der Waals surface area contributed by atoms with Crippen molar-refractivity contribution in [3.63, 3.8) is 0 Å². The Balaban J connectivity index is 1.38. The largest absolute Gasteiger partial charge is 0.354 e. The molecule has 3 aromatic heterocycles. The molecule has 1 N–H and O–H groups in total. The van der Waals surface area contributed by atoms with E-state index in [1.807, 2.05) is 55.5 Å². The fraction of sp³-hybridized carbons (Fsp3) is 0.103. The van der Waals surface area contributed by atoms with Gasteiger partial charge < -0.3 is 9.84 Å². The molecular weight excluding hydrogens is 565 g/mol. The molecular formula is C29H21Cl2N7O3. The molecule has 1 unspecified atom stereocenters. The highest BCUT2D eigenvalue weighted by Gasteiger charge is 2.25. The molecule has 0 radical (unpaired) electrons. The Morgan fingerprint density at radius 2 is 1.88 bits per heavy atom. The van der Waals surface area contributed by atoms with Gasteiger partial charge in [-0.1, -0.05) is 70.0 Å². The molecule has 12 heteroatoms. The number of aryl methyl sites for hydroxylation is 1. The lowest BCUT2D eigenvalue weighted by molar-refractivity contribution is -0.119. The maximum atomic E-state index is 13.7. The van der Waals surface area contributed by atoms with Crippen molar-refractivity contribution in [2.45, 2.75) is 19.4 Å². The lowest BCUT2D eigenvalue weighted by Gasteiger charge is -2.19. The van der Waals surface area contributed by atoms with Crippen LogP contribution in [-0.2, 0) is 11.2 Å². The van der Waals surface area contributed by atoms with E-state index in [1.54, 1.807) is 18.2 Å². The lowest BCUT2D eigenvalue weighted by Crippen LogP contribution is -2.34. The number of anilines is 1. The van der Waals surface area contributed by atoms with Crippen molar-refractivity contribution in [2.75, 3.05) is 5.32 Å². The number of rotatable bonds is 7. The Labute approximate surface area is 243 Å². The predicted molar refractivity (Wildman–Crippen MR) is 155 cm³/mol. The first-order chi connectivity index (χ1) is 19.9. The van der Waals surface area contributed by atoms with Crippen molar-refractivity contribution in [3.8, 4) is 16.9 Å². The summed E-state index contributed by atoms with van der Waals surface area (Å²) in [6.45, 7) is 1.94. The summed E-state index contributed by atoms with van der Waals surface area (Å²) in [5.41, 5.74) is 3.43. The van der Waals surface area contributed by atoms with Crippen molar-refractivity contribution in [2.24, 2.45) is 0 Å². The molecule has 3 aromatic carbocycles. The van der Waals surface area contributed by atoms with Gasteiger partial charge in [0.05, 0.1) is 29.3 Å². The standard InChI is InChI=1S/C29H21Cl2N7O3/c1-17-7-9-20-25(11-17)41-35-28(20)33-29(40)24(12-18-5-3-2-4-6-18)37-16-32-22(14-27(37)39)21-13-19(30)8-10-23(21)38-15-26(31)34-36-38/h2-11,13-16,24H,12H2,1H3,(H,33,35,40). The molecule has 0 aliphatic heterocycles. The molecule has 1 amide bonds. The molecule has 0 bridgehead atoms. The van der Waals surface area contributed by atoms with Crippen molar-refractivity contribution in [1.29, 1.82) is 0 Å². The molecule has 0 saturated carbocycles. The number of hydrogen-bond donors (Lipinski definition) is 1. The highest BCUT2D eigenvalue weighted by atomic mass is 35.5. The number of amides is 1. The molecule has 0 aliphatic rings. The second kappa shape index (κ2) is 11.0. The SMILES string of the molecule is Cc1ccc2c(NC(=O)C(Cc3ccccc3)n3cnc(-c4cc(Cl)ccc4-n4cc(Cl)nn4)cc3=O)noc2c1. The number of nitrogens with one attached hydrogen (secondary N) is 1. The van der Waals surface area contributed by atoms with Crippen LogP contribution < -0.4 is 10.9 Å². The molecule has 6 aromatic rings. The molecule has 3 heterocycles. The normalized spacial score (nSPS) is 12.0. The first-order valence-electron chi connectivity index (χ1n) is 12.5. The van der Waals surface area contributed by atoms with Crippen LogP contribution in [0.2, 0.25) is 10.2 Å². The molecule has 6 rings (SSSR count). The number of fused-ring (bicyclic) bond motifs is 1. The third-order valence-corrected chi connectivity index (χ3v) is 6.97. The molecule has 0 aliphatic carbocycles. The van der Waals surface area contributed by atoms with E-state index in [1.165, 1.54) is 27.8 Å². The first-order valence-corrected chi connectivity index (χ1v) is 13.3. The zero-order valence-corrected chi connectivity index (χ0v) is 23.0. The minimum absolute atomic E-state index is 0.207. The van der Waals surface area contributed by atoms with Gasteiger partial charge in [0.2, 0.25) is 5.91 Å². The van der Waals surface area contributed by atoms with Gasteiger partial charge in [-0.3, -0.25) is 14.2 Å². The number of carbonyl (C=O) groups excluding carboxylic acids is 1. The third-order valence-electron chi connectivity index (χ3n) is 6.56. The smallest absolute Gasteiger partial charge is 0.254 e. The summed E-state index contributed by atoms with van der Waals surface area (Å²) in [4.78, 5) is 31.8. The van der Waals surface area contributed by atoms with Crippen molar-refractivity contribution in [1.82, 2.24) is 29.7 Å². The van der Waals surface area contributed by atoms with E-state index < -0.39 is 17.5 Å². The molecule has 0 fully saturated rings. The summed E-state index contributed by atoms with van der Waals surface area (Å²) >= 11 is 12.3. The van der Waals surface area contributed by atoms with Crippen LogP contribution in [0.15, 0.2) is 94.6 Å². The van der Waals surface area contributed by atoms with Crippen molar-refractivity contribution < 1.29 is 9.32 Å². The number of hydrogen-bond acceptors (Lipinski definition) is 7. The van der Waals surface area contributed by atoms with E-state index in [2.05, 4.69) is 25.8 Å². The second-order valence-electron chi connectivity index (χ2n) is 9.39. The van der Waals surface area contributed by atoms with Gasteiger partial charge in [0, 0.05) is 23.1 Å². The lowest BCUT2D eigenvalue weighted by atomic mass is 10.0. The minimum atomic E-state index is -0.934. The van der Waals surface area contributed by atoms with Crippen LogP contribution in [-0.4, -0.2) is 35.6 Å². The Hall–Kier alpha value is -4.80. The van der Waals surface area contributed by atoms with E-state index >= 15 is 0 Å². The highest BCUT2D eigenvalue weighted by Crippen LogP contribution is 2.29. The van der Waals surface area contributed by atoms with Crippen molar-refractivity contribution >= 4 is 45.9 Å². The summed E-state index contributed by atoms with van der Waals surface area (Å²) < 4.78 is 8.17. The average molecular weight is 586 g/mol. The number of nitrogens with zero attached hydrogens (tertiary/aromatic N) is 6. The van der Waals surface area contributed by atoms with Crippen LogP contribution in [0.3, 0.4) is 0 Å². The average Bonchev–Trinajstić information content (AvgIpc) is 3.58.